The van der Waals surface area contributed by atoms with Gasteiger partial charge in [0.25, 0.3) is 0 Å². The van der Waals surface area contributed by atoms with Gasteiger partial charge in [0.2, 0.25) is 5.91 Å². The van der Waals surface area contributed by atoms with Crippen molar-refractivity contribution in [1.82, 2.24) is 15.5 Å². The van der Waals surface area contributed by atoms with Gasteiger partial charge in [0.1, 0.15) is 12.4 Å². The van der Waals surface area contributed by atoms with Gasteiger partial charge >= 0.3 is 0 Å². The van der Waals surface area contributed by atoms with Gasteiger partial charge in [-0.1, -0.05) is 32.0 Å². The van der Waals surface area contributed by atoms with Crippen LogP contribution in [0.1, 0.15) is 26.3 Å². The van der Waals surface area contributed by atoms with E-state index < -0.39 is 5.41 Å². The van der Waals surface area contributed by atoms with Crippen LogP contribution in [0.4, 0.5) is 4.39 Å². The molecule has 1 aromatic carbocycles. The second-order valence-corrected chi connectivity index (χ2v) is 6.20. The van der Waals surface area contributed by atoms with Crippen LogP contribution in [-0.2, 0) is 10.2 Å². The molecule has 0 heterocycles. The highest BCUT2D eigenvalue weighted by Crippen LogP contribution is 2.24. The summed E-state index contributed by atoms with van der Waals surface area (Å²) in [6, 6.07) is 6.76. The van der Waals surface area contributed by atoms with Gasteiger partial charge in [0.05, 0.1) is 0 Å². The highest BCUT2D eigenvalue weighted by atomic mass is 19.1. The number of amides is 1. The maximum absolute atomic E-state index is 14.0. The molecule has 1 rings (SSSR count). The predicted molar refractivity (Wildman–Crippen MR) is 92.1 cm³/mol. The van der Waals surface area contributed by atoms with Crippen molar-refractivity contribution in [2.45, 2.75) is 26.2 Å². The maximum atomic E-state index is 14.0. The number of aliphatic imine (C=N–C) groups is 1. The fraction of sp³-hybridized carbons (Fsp3) is 0.529. The van der Waals surface area contributed by atoms with Crippen LogP contribution in [-0.4, -0.2) is 50.5 Å². The van der Waals surface area contributed by atoms with Crippen molar-refractivity contribution in [2.24, 2.45) is 4.99 Å². The fourth-order valence-corrected chi connectivity index (χ4v) is 2.04. The van der Waals surface area contributed by atoms with E-state index in [-0.39, 0.29) is 18.3 Å². The largest absolute Gasteiger partial charge is 0.357 e. The second-order valence-electron chi connectivity index (χ2n) is 6.20. The maximum Gasteiger partial charge on any atom is 0.243 e. The lowest BCUT2D eigenvalue weighted by Crippen LogP contribution is -2.44. The van der Waals surface area contributed by atoms with Crippen LogP contribution in [0.5, 0.6) is 0 Å². The fourth-order valence-electron chi connectivity index (χ4n) is 2.04. The van der Waals surface area contributed by atoms with Crippen LogP contribution in [0.15, 0.2) is 29.3 Å². The Labute approximate surface area is 138 Å². The molecule has 23 heavy (non-hydrogen) atoms. The standard InChI is InChI=1S/C17H27FN4O/c1-6-19-16(20-11-15(23)22(4)5)21-12-17(2,3)13-9-7-8-10-14(13)18/h7-10H,6,11-12H2,1-5H3,(H2,19,20,21). The summed E-state index contributed by atoms with van der Waals surface area (Å²) in [5.74, 6) is 0.256. The minimum Gasteiger partial charge on any atom is -0.357 e. The number of halogens is 1. The number of hydrogen-bond donors (Lipinski definition) is 2. The van der Waals surface area contributed by atoms with E-state index in [9.17, 15) is 9.18 Å². The van der Waals surface area contributed by atoms with E-state index in [0.29, 0.717) is 24.6 Å². The minimum atomic E-state index is -0.410. The van der Waals surface area contributed by atoms with Gasteiger partial charge in [-0.3, -0.25) is 4.79 Å². The molecule has 5 nitrogen and oxygen atoms in total. The summed E-state index contributed by atoms with van der Waals surface area (Å²) in [6.07, 6.45) is 0. The van der Waals surface area contributed by atoms with Crippen LogP contribution in [0.2, 0.25) is 0 Å². The molecule has 0 aromatic heterocycles. The van der Waals surface area contributed by atoms with Crippen molar-refractivity contribution in [3.63, 3.8) is 0 Å². The van der Waals surface area contributed by atoms with Crippen molar-refractivity contribution in [3.8, 4) is 0 Å². The van der Waals surface area contributed by atoms with Crippen molar-refractivity contribution >= 4 is 11.9 Å². The smallest absolute Gasteiger partial charge is 0.243 e. The monoisotopic (exact) mass is 322 g/mol. The number of carbonyl (C=O) groups excluding carboxylic acids is 1. The average Bonchev–Trinajstić information content (AvgIpc) is 2.49. The Morgan fingerprint density at radius 2 is 1.91 bits per heavy atom. The van der Waals surface area contributed by atoms with Crippen molar-refractivity contribution in [2.75, 3.05) is 33.7 Å². The predicted octanol–water partition coefficient (Wildman–Crippen LogP) is 1.75. The lowest BCUT2D eigenvalue weighted by atomic mass is 9.84. The Kier molecular flexibility index (Phi) is 7.00. The average molecular weight is 322 g/mol. The first kappa shape index (κ1) is 18.9. The van der Waals surface area contributed by atoms with Gasteiger partial charge in [-0.15, -0.1) is 0 Å². The molecular weight excluding hydrogens is 295 g/mol. The Hall–Kier alpha value is -2.11. The SMILES string of the molecule is CCNC(=NCC(=O)N(C)C)NCC(C)(C)c1ccccc1F. The molecule has 0 fully saturated rings. The first-order chi connectivity index (χ1) is 10.8. The molecule has 6 heteroatoms. The molecular formula is C17H27FN4O. The molecule has 128 valence electrons. The van der Waals surface area contributed by atoms with Crippen LogP contribution >= 0.6 is 0 Å². The third kappa shape index (κ3) is 5.88. The van der Waals surface area contributed by atoms with Gasteiger partial charge in [-0.25, -0.2) is 9.38 Å². The van der Waals surface area contributed by atoms with E-state index >= 15 is 0 Å². The van der Waals surface area contributed by atoms with E-state index in [2.05, 4.69) is 15.6 Å². The molecule has 0 saturated carbocycles. The molecule has 0 bridgehead atoms. The van der Waals surface area contributed by atoms with Gasteiger partial charge in [0, 0.05) is 32.6 Å². The van der Waals surface area contributed by atoms with Gasteiger partial charge in [-0.05, 0) is 18.6 Å². The molecule has 1 aromatic rings. The van der Waals surface area contributed by atoms with Gasteiger partial charge < -0.3 is 15.5 Å². The van der Waals surface area contributed by atoms with E-state index in [1.807, 2.05) is 26.8 Å². The molecule has 0 aliphatic rings. The van der Waals surface area contributed by atoms with Crippen molar-refractivity contribution in [1.29, 1.82) is 0 Å². The normalized spacial score (nSPS) is 12.0. The van der Waals surface area contributed by atoms with Crippen LogP contribution in [0, 0.1) is 5.82 Å². The molecule has 0 saturated heterocycles. The van der Waals surface area contributed by atoms with E-state index in [1.165, 1.54) is 11.0 Å². The first-order valence-electron chi connectivity index (χ1n) is 7.75. The summed E-state index contributed by atoms with van der Waals surface area (Å²) in [6.45, 7) is 7.13. The molecule has 0 unspecified atom stereocenters. The zero-order valence-electron chi connectivity index (χ0n) is 14.6. The first-order valence-corrected chi connectivity index (χ1v) is 7.75. The van der Waals surface area contributed by atoms with Gasteiger partial charge in [-0.2, -0.15) is 0 Å². The third-order valence-electron chi connectivity index (χ3n) is 3.52. The number of nitrogens with one attached hydrogen (secondary N) is 2. The van der Waals surface area contributed by atoms with Gasteiger partial charge in [0.15, 0.2) is 5.96 Å². The topological polar surface area (TPSA) is 56.7 Å². The highest BCUT2D eigenvalue weighted by Gasteiger charge is 2.24. The molecule has 2 N–H and O–H groups in total. The summed E-state index contributed by atoms with van der Waals surface area (Å²) in [7, 11) is 3.39. The summed E-state index contributed by atoms with van der Waals surface area (Å²) >= 11 is 0. The quantitative estimate of drug-likeness (QED) is 0.620. The number of likely N-dealkylation sites (N-methyl/N-ethyl adjacent to an activating group) is 1. The number of carbonyl (C=O) groups is 1. The van der Waals surface area contributed by atoms with E-state index in [4.69, 9.17) is 0 Å². The molecule has 0 atom stereocenters. The Morgan fingerprint density at radius 3 is 2.48 bits per heavy atom. The molecule has 0 radical (unpaired) electrons. The Bertz CT molecular complexity index is 555. The Balaban J connectivity index is 2.76. The number of rotatable bonds is 6. The lowest BCUT2D eigenvalue weighted by Gasteiger charge is -2.27. The minimum absolute atomic E-state index is 0.0719. The van der Waals surface area contributed by atoms with Crippen molar-refractivity contribution in [3.05, 3.63) is 35.6 Å². The molecule has 0 aliphatic carbocycles. The third-order valence-corrected chi connectivity index (χ3v) is 3.52. The number of nitrogens with zero attached hydrogens (tertiary/aromatic N) is 2. The molecule has 0 spiro atoms. The van der Waals surface area contributed by atoms with Crippen molar-refractivity contribution < 1.29 is 9.18 Å². The van der Waals surface area contributed by atoms with Crippen LogP contribution in [0.3, 0.4) is 0 Å². The summed E-state index contributed by atoms with van der Waals surface area (Å²) in [5, 5.41) is 6.27. The summed E-state index contributed by atoms with van der Waals surface area (Å²) in [5.41, 5.74) is 0.236. The van der Waals surface area contributed by atoms with Crippen LogP contribution in [0.25, 0.3) is 0 Å². The zero-order chi connectivity index (χ0) is 17.5. The van der Waals surface area contributed by atoms with E-state index in [1.54, 1.807) is 26.2 Å². The zero-order valence-corrected chi connectivity index (χ0v) is 14.6. The Morgan fingerprint density at radius 1 is 1.26 bits per heavy atom. The summed E-state index contributed by atoms with van der Waals surface area (Å²) < 4.78 is 14.0. The second kappa shape index (κ2) is 8.50. The summed E-state index contributed by atoms with van der Waals surface area (Å²) in [4.78, 5) is 17.4. The number of hydrogen-bond acceptors (Lipinski definition) is 2. The highest BCUT2D eigenvalue weighted by molar-refractivity contribution is 5.84. The van der Waals surface area contributed by atoms with Crippen LogP contribution < -0.4 is 10.6 Å². The number of guanidine groups is 1. The molecule has 1 amide bonds. The molecule has 0 aliphatic heterocycles. The lowest BCUT2D eigenvalue weighted by molar-refractivity contribution is -0.127. The number of benzene rings is 1. The van der Waals surface area contributed by atoms with E-state index in [0.717, 1.165) is 0 Å².